The van der Waals surface area contributed by atoms with Crippen LogP contribution in [0.3, 0.4) is 0 Å². The van der Waals surface area contributed by atoms with Gasteiger partial charge in [-0.05, 0) is 24.5 Å². The van der Waals surface area contributed by atoms with Crippen molar-refractivity contribution in [1.29, 1.82) is 0 Å². The van der Waals surface area contributed by atoms with Gasteiger partial charge in [-0.2, -0.15) is 0 Å². The van der Waals surface area contributed by atoms with Crippen LogP contribution < -0.4 is 33.2 Å². The summed E-state index contributed by atoms with van der Waals surface area (Å²) in [5, 5.41) is 26.2. The molecule has 3 atom stereocenters. The minimum Gasteiger partial charge on any atom is -0.480 e. The molecule has 36 heavy (non-hydrogen) atoms. The van der Waals surface area contributed by atoms with Gasteiger partial charge in [0.1, 0.15) is 18.6 Å². The fraction of sp³-hybridized carbons (Fsp3) is 0.409. The molecule has 2 aromatic rings. The van der Waals surface area contributed by atoms with Crippen molar-refractivity contribution in [3.63, 3.8) is 0 Å². The number of carboxylic acid groups (broad SMARTS) is 1. The van der Waals surface area contributed by atoms with E-state index in [2.05, 4.69) is 25.9 Å². The number of hydrogen-bond acceptors (Lipinski definition) is 7. The zero-order valence-corrected chi connectivity index (χ0v) is 19.6. The number of aliphatic imine (C=N–C) groups is 1. The Kier molecular flexibility index (Phi) is 10.6. The van der Waals surface area contributed by atoms with Crippen LogP contribution in [-0.2, 0) is 25.6 Å². The van der Waals surface area contributed by atoms with Gasteiger partial charge in [0.25, 0.3) is 0 Å². The molecule has 0 bridgehead atoms. The van der Waals surface area contributed by atoms with E-state index in [-0.39, 0.29) is 25.3 Å². The summed E-state index contributed by atoms with van der Waals surface area (Å²) in [7, 11) is 0. The average Bonchev–Trinajstić information content (AvgIpc) is 3.25. The lowest BCUT2D eigenvalue weighted by Gasteiger charge is -2.23. The molecule has 3 amide bonds. The molecule has 2 rings (SSSR count). The van der Waals surface area contributed by atoms with Gasteiger partial charge >= 0.3 is 5.97 Å². The summed E-state index contributed by atoms with van der Waals surface area (Å²) in [5.74, 6) is -3.61. The topological polar surface area (TPSA) is 251 Å². The van der Waals surface area contributed by atoms with E-state index in [1.54, 1.807) is 6.20 Å². The van der Waals surface area contributed by atoms with Gasteiger partial charge in [0.2, 0.25) is 17.7 Å². The summed E-state index contributed by atoms with van der Waals surface area (Å²) in [4.78, 5) is 55.6. The summed E-state index contributed by atoms with van der Waals surface area (Å²) in [6.45, 7) is -1.18. The van der Waals surface area contributed by atoms with E-state index in [0.717, 1.165) is 16.5 Å². The molecule has 196 valence electrons. The standard InChI is InChI=1S/C22H32N8O6/c23-14(5-3-7-26-22(24)25)19(34)29-16(8-12-9-27-15-6-2-1-4-13(12)15)21(36)30-17(11-31)20(35)28-10-18(32)33/h1-2,4,6,9,14,16-17,27,31H,3,5,7-8,10-11,23H2,(H,28,35)(H,29,34)(H,30,36)(H,32,33)(H4,24,25,26). The van der Waals surface area contributed by atoms with Gasteiger partial charge in [-0.1, -0.05) is 18.2 Å². The lowest BCUT2D eigenvalue weighted by molar-refractivity contribution is -0.139. The third-order valence-electron chi connectivity index (χ3n) is 5.27. The Morgan fingerprint density at radius 3 is 2.39 bits per heavy atom. The maximum absolute atomic E-state index is 13.1. The summed E-state index contributed by atoms with van der Waals surface area (Å²) in [5.41, 5.74) is 18.1. The third kappa shape index (κ3) is 8.56. The van der Waals surface area contributed by atoms with Crippen LogP contribution in [0.25, 0.3) is 10.9 Å². The predicted octanol–water partition coefficient (Wildman–Crippen LogP) is -2.75. The van der Waals surface area contributed by atoms with E-state index in [4.69, 9.17) is 22.3 Å². The number of H-pyrrole nitrogens is 1. The summed E-state index contributed by atoms with van der Waals surface area (Å²) in [6.07, 6.45) is 2.44. The van der Waals surface area contributed by atoms with Crippen LogP contribution in [-0.4, -0.2) is 82.7 Å². The number of carbonyl (C=O) groups excluding carboxylic acids is 3. The predicted molar refractivity (Wildman–Crippen MR) is 131 cm³/mol. The SMILES string of the molecule is NC(N)=NCCCC(N)C(=O)NC(Cc1c[nH]c2ccccc12)C(=O)NC(CO)C(=O)NCC(=O)O. The van der Waals surface area contributed by atoms with Crippen LogP contribution in [0.2, 0.25) is 0 Å². The monoisotopic (exact) mass is 504 g/mol. The van der Waals surface area contributed by atoms with Gasteiger partial charge in [-0.15, -0.1) is 0 Å². The highest BCUT2D eigenvalue weighted by atomic mass is 16.4. The third-order valence-corrected chi connectivity index (χ3v) is 5.27. The van der Waals surface area contributed by atoms with Crippen molar-refractivity contribution in [1.82, 2.24) is 20.9 Å². The Morgan fingerprint density at radius 1 is 1.03 bits per heavy atom. The first-order chi connectivity index (χ1) is 17.1. The van der Waals surface area contributed by atoms with E-state index in [1.165, 1.54) is 0 Å². The van der Waals surface area contributed by atoms with Crippen molar-refractivity contribution < 1.29 is 29.4 Å². The number of nitrogens with one attached hydrogen (secondary N) is 4. The maximum atomic E-state index is 13.1. The van der Waals surface area contributed by atoms with E-state index < -0.39 is 55.0 Å². The molecule has 12 N–H and O–H groups in total. The minimum atomic E-state index is -1.42. The molecule has 1 heterocycles. The van der Waals surface area contributed by atoms with Crippen molar-refractivity contribution in [2.75, 3.05) is 19.7 Å². The average molecular weight is 505 g/mol. The number of para-hydroxylation sites is 1. The summed E-state index contributed by atoms with van der Waals surface area (Å²) in [6, 6.07) is 3.85. The minimum absolute atomic E-state index is 0.0528. The number of guanidine groups is 1. The fourth-order valence-electron chi connectivity index (χ4n) is 3.41. The molecule has 0 aliphatic carbocycles. The van der Waals surface area contributed by atoms with Gasteiger partial charge in [0, 0.05) is 30.1 Å². The number of amides is 3. The number of rotatable bonds is 14. The second kappa shape index (κ2) is 13.7. The number of hydrogen-bond donors (Lipinski definition) is 9. The number of aromatic nitrogens is 1. The van der Waals surface area contributed by atoms with Gasteiger partial charge in [0.05, 0.1) is 12.6 Å². The number of carbonyl (C=O) groups is 4. The lowest BCUT2D eigenvalue weighted by atomic mass is 10.0. The van der Waals surface area contributed by atoms with Crippen LogP contribution in [0.1, 0.15) is 18.4 Å². The first-order valence-electron chi connectivity index (χ1n) is 11.2. The zero-order valence-electron chi connectivity index (χ0n) is 19.6. The molecule has 0 aliphatic heterocycles. The first kappa shape index (κ1) is 28.1. The van der Waals surface area contributed by atoms with Crippen molar-refractivity contribution in [3.05, 3.63) is 36.0 Å². The van der Waals surface area contributed by atoms with Gasteiger partial charge in [-0.3, -0.25) is 24.2 Å². The first-order valence-corrected chi connectivity index (χ1v) is 11.2. The van der Waals surface area contributed by atoms with Crippen molar-refractivity contribution in [2.45, 2.75) is 37.4 Å². The van der Waals surface area contributed by atoms with Gasteiger partial charge in [0.15, 0.2) is 5.96 Å². The molecule has 0 spiro atoms. The highest BCUT2D eigenvalue weighted by Crippen LogP contribution is 2.19. The zero-order chi connectivity index (χ0) is 26.7. The maximum Gasteiger partial charge on any atom is 0.322 e. The molecular formula is C22H32N8O6. The number of nitrogens with zero attached hydrogens (tertiary/aromatic N) is 1. The number of aliphatic carboxylic acids is 1. The van der Waals surface area contributed by atoms with E-state index in [9.17, 15) is 24.3 Å². The highest BCUT2D eigenvalue weighted by molar-refractivity contribution is 5.94. The van der Waals surface area contributed by atoms with E-state index >= 15 is 0 Å². The fourth-order valence-corrected chi connectivity index (χ4v) is 3.41. The highest BCUT2D eigenvalue weighted by Gasteiger charge is 2.28. The van der Waals surface area contributed by atoms with Gasteiger partial charge in [-0.25, -0.2) is 0 Å². The van der Waals surface area contributed by atoms with Crippen LogP contribution in [0.5, 0.6) is 0 Å². The Labute approximate surface area is 206 Å². The molecule has 0 saturated carbocycles. The number of benzene rings is 1. The Balaban J connectivity index is 2.15. The van der Waals surface area contributed by atoms with Crippen LogP contribution in [0.15, 0.2) is 35.5 Å². The summed E-state index contributed by atoms with van der Waals surface area (Å²) >= 11 is 0. The van der Waals surface area contributed by atoms with Crippen LogP contribution in [0, 0.1) is 0 Å². The van der Waals surface area contributed by atoms with Crippen molar-refractivity contribution in [2.24, 2.45) is 22.2 Å². The molecular weight excluding hydrogens is 472 g/mol. The normalized spacial score (nSPS) is 13.3. The number of carboxylic acids is 1. The second-order valence-corrected chi connectivity index (χ2v) is 8.04. The number of fused-ring (bicyclic) bond motifs is 1. The molecule has 3 unspecified atom stereocenters. The molecule has 0 saturated heterocycles. The Hall–Kier alpha value is -4.17. The van der Waals surface area contributed by atoms with Crippen molar-refractivity contribution >= 4 is 40.6 Å². The molecule has 1 aromatic heterocycles. The van der Waals surface area contributed by atoms with E-state index in [1.807, 2.05) is 24.3 Å². The molecule has 0 aliphatic rings. The molecule has 0 fully saturated rings. The quantitative estimate of drug-likeness (QED) is 0.0733. The smallest absolute Gasteiger partial charge is 0.322 e. The van der Waals surface area contributed by atoms with Gasteiger partial charge < -0.3 is 48.3 Å². The Morgan fingerprint density at radius 2 is 1.72 bits per heavy atom. The van der Waals surface area contributed by atoms with Crippen LogP contribution in [0.4, 0.5) is 0 Å². The second-order valence-electron chi connectivity index (χ2n) is 8.04. The number of aliphatic hydroxyl groups is 1. The molecule has 14 heteroatoms. The number of aromatic amines is 1. The summed E-state index contributed by atoms with van der Waals surface area (Å²) < 4.78 is 0. The molecule has 1 aromatic carbocycles. The largest absolute Gasteiger partial charge is 0.480 e. The Bertz CT molecular complexity index is 1100. The number of nitrogens with two attached hydrogens (primary N) is 3. The number of aliphatic hydroxyl groups excluding tert-OH is 1. The van der Waals surface area contributed by atoms with Crippen LogP contribution >= 0.6 is 0 Å². The van der Waals surface area contributed by atoms with E-state index in [0.29, 0.717) is 6.42 Å². The molecule has 0 radical (unpaired) electrons. The van der Waals surface area contributed by atoms with Crippen molar-refractivity contribution in [3.8, 4) is 0 Å². The lowest BCUT2D eigenvalue weighted by Crippen LogP contribution is -2.57. The molecule has 14 nitrogen and oxygen atoms in total.